The number of anilines is 1. The molecule has 2 nitrogen and oxygen atoms in total. The Morgan fingerprint density at radius 3 is 2.92 bits per heavy atom. The molecule has 124 valence electrons. The molecule has 1 aliphatic rings. The van der Waals surface area contributed by atoms with Gasteiger partial charge in [0.05, 0.1) is 11.2 Å². The molecular formula is C22H14N2S2. The standard InChI is InChI=1S/C22H14N2S2/c1-2-13-3-4-14-10-15(12-24-22(14)21(13)23-8-1)20-11-17-16-7-9-25-18(16)5-6-19(17)26-20/h1-11,24H,12H2. The second-order valence-corrected chi connectivity index (χ2v) is 8.58. The van der Waals surface area contributed by atoms with Crippen molar-refractivity contribution in [1.82, 2.24) is 4.98 Å². The van der Waals surface area contributed by atoms with Crippen LogP contribution in [-0.4, -0.2) is 11.5 Å². The van der Waals surface area contributed by atoms with Gasteiger partial charge in [0.25, 0.3) is 0 Å². The number of benzene rings is 2. The summed E-state index contributed by atoms with van der Waals surface area (Å²) in [5.74, 6) is 0. The average molecular weight is 371 g/mol. The molecular weight excluding hydrogens is 356 g/mol. The summed E-state index contributed by atoms with van der Waals surface area (Å²) in [5, 5.41) is 9.71. The Morgan fingerprint density at radius 1 is 0.962 bits per heavy atom. The van der Waals surface area contributed by atoms with Gasteiger partial charge in [-0.2, -0.15) is 0 Å². The zero-order valence-electron chi connectivity index (χ0n) is 13.8. The van der Waals surface area contributed by atoms with Gasteiger partial charge in [0.2, 0.25) is 0 Å². The van der Waals surface area contributed by atoms with Crippen LogP contribution in [0.1, 0.15) is 10.4 Å². The number of hydrogen-bond acceptors (Lipinski definition) is 4. The molecule has 1 N–H and O–H groups in total. The number of aromatic nitrogens is 1. The first-order valence-electron chi connectivity index (χ1n) is 8.59. The second kappa shape index (κ2) is 5.40. The molecule has 0 bridgehead atoms. The van der Waals surface area contributed by atoms with Crippen LogP contribution in [0.25, 0.3) is 42.7 Å². The van der Waals surface area contributed by atoms with Crippen LogP contribution in [0.4, 0.5) is 5.69 Å². The molecule has 1 aliphatic heterocycles. The van der Waals surface area contributed by atoms with Crippen molar-refractivity contribution in [1.29, 1.82) is 0 Å². The second-order valence-electron chi connectivity index (χ2n) is 6.55. The lowest BCUT2D eigenvalue weighted by Crippen LogP contribution is -2.10. The first kappa shape index (κ1) is 14.5. The van der Waals surface area contributed by atoms with E-state index < -0.39 is 0 Å². The monoisotopic (exact) mass is 370 g/mol. The van der Waals surface area contributed by atoms with E-state index in [9.17, 15) is 0 Å². The summed E-state index contributed by atoms with van der Waals surface area (Å²) >= 11 is 3.69. The lowest BCUT2D eigenvalue weighted by Gasteiger charge is -2.19. The third-order valence-corrected chi connectivity index (χ3v) is 7.10. The highest BCUT2D eigenvalue weighted by atomic mass is 32.1. The smallest absolute Gasteiger partial charge is 0.0939 e. The fourth-order valence-corrected chi connectivity index (χ4v) is 5.66. The van der Waals surface area contributed by atoms with E-state index >= 15 is 0 Å². The van der Waals surface area contributed by atoms with Gasteiger partial charge in [-0.15, -0.1) is 22.7 Å². The Kier molecular flexibility index (Phi) is 3.01. The summed E-state index contributed by atoms with van der Waals surface area (Å²) in [7, 11) is 0. The molecule has 4 heteroatoms. The number of fused-ring (bicyclic) bond motifs is 6. The zero-order chi connectivity index (χ0) is 17.1. The number of nitrogens with zero attached hydrogens (tertiary/aromatic N) is 1. The molecule has 4 heterocycles. The Morgan fingerprint density at radius 2 is 1.92 bits per heavy atom. The third kappa shape index (κ3) is 2.06. The minimum Gasteiger partial charge on any atom is -0.379 e. The normalized spacial score (nSPS) is 13.8. The Labute approximate surface area is 158 Å². The van der Waals surface area contributed by atoms with Crippen molar-refractivity contribution in [2.24, 2.45) is 0 Å². The largest absolute Gasteiger partial charge is 0.379 e. The first-order valence-corrected chi connectivity index (χ1v) is 10.3. The molecule has 0 saturated heterocycles. The van der Waals surface area contributed by atoms with Crippen LogP contribution in [0, 0.1) is 0 Å². The van der Waals surface area contributed by atoms with Crippen molar-refractivity contribution in [2.75, 3.05) is 11.9 Å². The van der Waals surface area contributed by atoms with Crippen molar-refractivity contribution in [3.63, 3.8) is 0 Å². The quantitative estimate of drug-likeness (QED) is 0.358. The molecule has 0 unspecified atom stereocenters. The van der Waals surface area contributed by atoms with Gasteiger partial charge in [0, 0.05) is 48.7 Å². The van der Waals surface area contributed by atoms with Crippen LogP contribution in [0.2, 0.25) is 0 Å². The fourth-order valence-electron chi connectivity index (χ4n) is 3.77. The van der Waals surface area contributed by atoms with Crippen molar-refractivity contribution < 1.29 is 0 Å². The van der Waals surface area contributed by atoms with Crippen LogP contribution in [-0.2, 0) is 0 Å². The highest BCUT2D eigenvalue weighted by Crippen LogP contribution is 2.40. The van der Waals surface area contributed by atoms with Gasteiger partial charge in [-0.1, -0.05) is 18.2 Å². The summed E-state index contributed by atoms with van der Waals surface area (Å²) < 4.78 is 2.72. The summed E-state index contributed by atoms with van der Waals surface area (Å²) in [6.07, 6.45) is 4.18. The lowest BCUT2D eigenvalue weighted by molar-refractivity contribution is 1.32. The molecule has 26 heavy (non-hydrogen) atoms. The topological polar surface area (TPSA) is 24.9 Å². The van der Waals surface area contributed by atoms with E-state index in [-0.39, 0.29) is 0 Å². The highest BCUT2D eigenvalue weighted by Gasteiger charge is 2.16. The molecule has 6 rings (SSSR count). The van der Waals surface area contributed by atoms with Crippen molar-refractivity contribution in [3.8, 4) is 0 Å². The van der Waals surface area contributed by atoms with Gasteiger partial charge in [0.15, 0.2) is 0 Å². The fraction of sp³-hybridized carbons (Fsp3) is 0.0455. The zero-order valence-corrected chi connectivity index (χ0v) is 15.5. The van der Waals surface area contributed by atoms with E-state index in [2.05, 4.69) is 64.2 Å². The van der Waals surface area contributed by atoms with Crippen molar-refractivity contribution >= 4 is 71.1 Å². The minimum absolute atomic E-state index is 0.836. The summed E-state index contributed by atoms with van der Waals surface area (Å²) in [6.45, 7) is 0.836. The van der Waals surface area contributed by atoms with Crippen molar-refractivity contribution in [2.45, 2.75) is 0 Å². The average Bonchev–Trinajstić information content (AvgIpc) is 3.33. The van der Waals surface area contributed by atoms with E-state index in [1.165, 1.54) is 41.6 Å². The van der Waals surface area contributed by atoms with Crippen LogP contribution < -0.4 is 5.32 Å². The number of thiophene rings is 2. The van der Waals surface area contributed by atoms with Crippen LogP contribution in [0.15, 0.2) is 60.1 Å². The minimum atomic E-state index is 0.836. The van der Waals surface area contributed by atoms with E-state index in [4.69, 9.17) is 0 Å². The molecule has 0 saturated carbocycles. The SMILES string of the molecule is C1=C(c2cc3c(ccc4sccc43)s2)CNc2c1ccc1cccnc21. The summed E-state index contributed by atoms with van der Waals surface area (Å²) in [4.78, 5) is 5.91. The van der Waals surface area contributed by atoms with Crippen LogP contribution in [0.5, 0.6) is 0 Å². The maximum atomic E-state index is 4.57. The summed E-state index contributed by atoms with van der Waals surface area (Å²) in [5.41, 5.74) is 4.76. The van der Waals surface area contributed by atoms with E-state index in [0.717, 1.165) is 17.7 Å². The van der Waals surface area contributed by atoms with Crippen LogP contribution >= 0.6 is 22.7 Å². The molecule has 5 aromatic rings. The number of pyridine rings is 1. The van der Waals surface area contributed by atoms with Crippen LogP contribution in [0.3, 0.4) is 0 Å². The molecule has 3 aromatic heterocycles. The van der Waals surface area contributed by atoms with Crippen molar-refractivity contribution in [3.05, 3.63) is 70.5 Å². The Bertz CT molecular complexity index is 1340. The van der Waals surface area contributed by atoms with E-state index in [1.807, 2.05) is 34.9 Å². The first-order chi connectivity index (χ1) is 12.9. The predicted octanol–water partition coefficient (Wildman–Crippen LogP) is 6.63. The number of rotatable bonds is 1. The van der Waals surface area contributed by atoms with Gasteiger partial charge in [-0.25, -0.2) is 0 Å². The molecule has 2 aromatic carbocycles. The molecule has 0 spiro atoms. The van der Waals surface area contributed by atoms with Gasteiger partial charge in [-0.05, 0) is 47.4 Å². The Balaban J connectivity index is 1.53. The van der Waals surface area contributed by atoms with E-state index in [1.54, 1.807) is 0 Å². The maximum Gasteiger partial charge on any atom is 0.0939 e. The molecule has 0 aliphatic carbocycles. The van der Waals surface area contributed by atoms with Gasteiger partial charge in [0.1, 0.15) is 0 Å². The lowest BCUT2D eigenvalue weighted by atomic mass is 10.0. The summed E-state index contributed by atoms with van der Waals surface area (Å²) in [6, 6.07) is 17.5. The third-order valence-electron chi connectivity index (χ3n) is 5.04. The Hall–Kier alpha value is -2.69. The predicted molar refractivity (Wildman–Crippen MR) is 115 cm³/mol. The molecule has 0 fully saturated rings. The molecule has 0 radical (unpaired) electrons. The highest BCUT2D eigenvalue weighted by molar-refractivity contribution is 7.21. The van der Waals surface area contributed by atoms with E-state index in [0.29, 0.717) is 0 Å². The number of hydrogen-bond donors (Lipinski definition) is 1. The van der Waals surface area contributed by atoms with Gasteiger partial charge < -0.3 is 5.32 Å². The van der Waals surface area contributed by atoms with Gasteiger partial charge >= 0.3 is 0 Å². The molecule has 0 atom stereocenters. The maximum absolute atomic E-state index is 4.57. The molecule has 0 amide bonds. The van der Waals surface area contributed by atoms with Gasteiger partial charge in [-0.3, -0.25) is 4.98 Å². The number of nitrogens with one attached hydrogen (secondary N) is 1.